The summed E-state index contributed by atoms with van der Waals surface area (Å²) in [5, 5.41) is 0. The Morgan fingerprint density at radius 1 is 1.16 bits per heavy atom. The summed E-state index contributed by atoms with van der Waals surface area (Å²) in [6, 6.07) is 10.2. The van der Waals surface area contributed by atoms with E-state index in [0.29, 0.717) is 0 Å². The number of halogens is 1. The molecule has 19 heavy (non-hydrogen) atoms. The van der Waals surface area contributed by atoms with Crippen molar-refractivity contribution in [1.29, 1.82) is 0 Å². The molecule has 2 rings (SSSR count). The monoisotopic (exact) mass is 280 g/mol. The molecule has 2 aromatic carbocycles. The van der Waals surface area contributed by atoms with Crippen molar-refractivity contribution >= 4 is 21.4 Å². The van der Waals surface area contributed by atoms with Gasteiger partial charge in [-0.25, -0.2) is 12.8 Å². The average molecular weight is 280 g/mol. The summed E-state index contributed by atoms with van der Waals surface area (Å²) in [4.78, 5) is 0.129. The van der Waals surface area contributed by atoms with Crippen LogP contribution in [0.5, 0.6) is 0 Å². The lowest BCUT2D eigenvalue weighted by molar-refractivity contribution is 0.601. The first kappa shape index (κ1) is 13.4. The van der Waals surface area contributed by atoms with Crippen LogP contribution in [0.3, 0.4) is 0 Å². The summed E-state index contributed by atoms with van der Waals surface area (Å²) in [7, 11) is -3.72. The van der Waals surface area contributed by atoms with E-state index >= 15 is 0 Å². The molecule has 0 spiro atoms. The second-order valence-electron chi connectivity index (χ2n) is 4.16. The Balaban J connectivity index is 2.33. The first-order valence-corrected chi connectivity index (χ1v) is 7.01. The van der Waals surface area contributed by atoms with E-state index in [1.807, 2.05) is 0 Å². The number of nitrogens with one attached hydrogen (secondary N) is 1. The van der Waals surface area contributed by atoms with E-state index in [0.717, 1.165) is 11.6 Å². The second kappa shape index (κ2) is 4.89. The van der Waals surface area contributed by atoms with Crippen LogP contribution in [0.4, 0.5) is 15.8 Å². The molecule has 100 valence electrons. The Morgan fingerprint density at radius 2 is 1.89 bits per heavy atom. The first-order chi connectivity index (χ1) is 8.88. The van der Waals surface area contributed by atoms with Crippen LogP contribution < -0.4 is 10.5 Å². The van der Waals surface area contributed by atoms with Crippen molar-refractivity contribution in [3.8, 4) is 0 Å². The molecule has 0 bridgehead atoms. The highest BCUT2D eigenvalue weighted by molar-refractivity contribution is 7.92. The van der Waals surface area contributed by atoms with Crippen LogP contribution in [0.25, 0.3) is 0 Å². The molecule has 0 saturated carbocycles. The van der Waals surface area contributed by atoms with E-state index in [4.69, 9.17) is 5.73 Å². The Labute approximate surface area is 111 Å². The maximum atomic E-state index is 13.3. The molecular weight excluding hydrogens is 267 g/mol. The van der Waals surface area contributed by atoms with Crippen molar-refractivity contribution in [2.45, 2.75) is 11.8 Å². The number of nitrogens with two attached hydrogens (primary N) is 1. The fraction of sp³-hybridized carbons (Fsp3) is 0.0769. The van der Waals surface area contributed by atoms with Crippen molar-refractivity contribution in [3.63, 3.8) is 0 Å². The topological polar surface area (TPSA) is 72.2 Å². The SMILES string of the molecule is Cc1cccc(S(=O)(=O)Nc2ccc(N)c(F)c2)c1. The first-order valence-electron chi connectivity index (χ1n) is 5.53. The van der Waals surface area contributed by atoms with E-state index in [9.17, 15) is 12.8 Å². The molecule has 0 aliphatic carbocycles. The molecule has 0 atom stereocenters. The number of aryl methyl sites for hydroxylation is 1. The normalized spacial score (nSPS) is 11.3. The molecular formula is C13H13FN2O2S. The van der Waals surface area contributed by atoms with Gasteiger partial charge in [-0.1, -0.05) is 12.1 Å². The van der Waals surface area contributed by atoms with Gasteiger partial charge < -0.3 is 5.73 Å². The van der Waals surface area contributed by atoms with Crippen molar-refractivity contribution in [2.24, 2.45) is 0 Å². The minimum absolute atomic E-state index is 0.0292. The summed E-state index contributed by atoms with van der Waals surface area (Å²) in [5.74, 6) is -0.663. The van der Waals surface area contributed by atoms with E-state index in [1.54, 1.807) is 19.1 Å². The number of rotatable bonds is 3. The quantitative estimate of drug-likeness (QED) is 0.848. The molecule has 0 heterocycles. The molecule has 3 N–H and O–H groups in total. The zero-order valence-corrected chi connectivity index (χ0v) is 11.0. The van der Waals surface area contributed by atoms with E-state index < -0.39 is 15.8 Å². The molecule has 0 fully saturated rings. The van der Waals surface area contributed by atoms with Crippen LogP contribution in [0.1, 0.15) is 5.56 Å². The van der Waals surface area contributed by atoms with Gasteiger partial charge in [-0.2, -0.15) is 0 Å². The summed E-state index contributed by atoms with van der Waals surface area (Å²) in [6.45, 7) is 1.79. The average Bonchev–Trinajstić information content (AvgIpc) is 2.33. The maximum absolute atomic E-state index is 13.3. The van der Waals surface area contributed by atoms with Crippen molar-refractivity contribution in [2.75, 3.05) is 10.5 Å². The smallest absolute Gasteiger partial charge is 0.261 e. The molecule has 6 heteroatoms. The van der Waals surface area contributed by atoms with E-state index in [1.165, 1.54) is 24.3 Å². The molecule has 0 aliphatic rings. The lowest BCUT2D eigenvalue weighted by Crippen LogP contribution is -2.13. The van der Waals surface area contributed by atoms with Gasteiger partial charge in [-0.3, -0.25) is 4.72 Å². The highest BCUT2D eigenvalue weighted by Gasteiger charge is 2.14. The van der Waals surface area contributed by atoms with Gasteiger partial charge in [0.25, 0.3) is 10.0 Å². The molecule has 0 aliphatic heterocycles. The van der Waals surface area contributed by atoms with Crippen molar-refractivity contribution < 1.29 is 12.8 Å². The Morgan fingerprint density at radius 3 is 2.53 bits per heavy atom. The van der Waals surface area contributed by atoms with Gasteiger partial charge in [-0.15, -0.1) is 0 Å². The van der Waals surface area contributed by atoms with Crippen LogP contribution in [0, 0.1) is 12.7 Å². The van der Waals surface area contributed by atoms with Gasteiger partial charge in [0.2, 0.25) is 0 Å². The lowest BCUT2D eigenvalue weighted by atomic mass is 10.2. The number of sulfonamides is 1. The van der Waals surface area contributed by atoms with E-state index in [2.05, 4.69) is 4.72 Å². The highest BCUT2D eigenvalue weighted by atomic mass is 32.2. The molecule has 0 unspecified atom stereocenters. The highest BCUT2D eigenvalue weighted by Crippen LogP contribution is 2.20. The van der Waals surface area contributed by atoms with Gasteiger partial charge in [0, 0.05) is 6.07 Å². The van der Waals surface area contributed by atoms with Crippen LogP contribution in [-0.2, 0) is 10.0 Å². The third-order valence-corrected chi connectivity index (χ3v) is 3.93. The Hall–Kier alpha value is -2.08. The fourth-order valence-corrected chi connectivity index (χ4v) is 2.74. The number of nitrogen functional groups attached to an aromatic ring is 1. The number of hydrogen-bond donors (Lipinski definition) is 2. The number of anilines is 2. The summed E-state index contributed by atoms with van der Waals surface area (Å²) < 4.78 is 39.7. The third kappa shape index (κ3) is 3.03. The predicted molar refractivity (Wildman–Crippen MR) is 72.8 cm³/mol. The van der Waals surface area contributed by atoms with Crippen molar-refractivity contribution in [3.05, 3.63) is 53.8 Å². The summed E-state index contributed by atoms with van der Waals surface area (Å²) >= 11 is 0. The molecule has 0 aromatic heterocycles. The molecule has 0 radical (unpaired) electrons. The second-order valence-corrected chi connectivity index (χ2v) is 5.84. The summed E-state index contributed by atoms with van der Waals surface area (Å²) in [6.07, 6.45) is 0. The van der Waals surface area contributed by atoms with Crippen LogP contribution in [-0.4, -0.2) is 8.42 Å². The molecule has 4 nitrogen and oxygen atoms in total. The number of hydrogen-bond acceptors (Lipinski definition) is 3. The van der Waals surface area contributed by atoms with Crippen LogP contribution >= 0.6 is 0 Å². The van der Waals surface area contributed by atoms with Crippen LogP contribution in [0.15, 0.2) is 47.4 Å². The summed E-state index contributed by atoms with van der Waals surface area (Å²) in [5.41, 5.74) is 6.26. The molecule has 0 saturated heterocycles. The third-order valence-electron chi connectivity index (χ3n) is 2.55. The van der Waals surface area contributed by atoms with Crippen LogP contribution in [0.2, 0.25) is 0 Å². The zero-order chi connectivity index (χ0) is 14.0. The van der Waals surface area contributed by atoms with Gasteiger partial charge in [0.05, 0.1) is 16.3 Å². The maximum Gasteiger partial charge on any atom is 0.261 e. The van der Waals surface area contributed by atoms with Gasteiger partial charge in [0.15, 0.2) is 0 Å². The van der Waals surface area contributed by atoms with Crippen molar-refractivity contribution in [1.82, 2.24) is 0 Å². The van der Waals surface area contributed by atoms with Gasteiger partial charge in [-0.05, 0) is 36.8 Å². The Kier molecular flexibility index (Phi) is 3.44. The minimum atomic E-state index is -3.72. The van der Waals surface area contributed by atoms with E-state index in [-0.39, 0.29) is 16.3 Å². The fourth-order valence-electron chi connectivity index (χ4n) is 1.59. The zero-order valence-electron chi connectivity index (χ0n) is 10.2. The number of benzene rings is 2. The largest absolute Gasteiger partial charge is 0.396 e. The molecule has 0 amide bonds. The standard InChI is InChI=1S/C13H13FN2O2S/c1-9-3-2-4-11(7-9)19(17,18)16-10-5-6-13(15)12(14)8-10/h2-8,16H,15H2,1H3. The predicted octanol–water partition coefficient (Wildman–Crippen LogP) is 2.52. The van der Waals surface area contributed by atoms with Gasteiger partial charge >= 0.3 is 0 Å². The Bertz CT molecular complexity index is 714. The van der Waals surface area contributed by atoms with Gasteiger partial charge in [0.1, 0.15) is 5.82 Å². The minimum Gasteiger partial charge on any atom is -0.396 e. The lowest BCUT2D eigenvalue weighted by Gasteiger charge is -2.09. The molecule has 2 aromatic rings.